The molecule has 4 nitrogen and oxygen atoms in total. The van der Waals surface area contributed by atoms with Crippen LogP contribution in [0.15, 0.2) is 53.7 Å². The molecule has 0 saturated carbocycles. The Bertz CT molecular complexity index is 760. The van der Waals surface area contributed by atoms with Crippen molar-refractivity contribution < 1.29 is 18.7 Å². The summed E-state index contributed by atoms with van der Waals surface area (Å²) in [4.78, 5) is 4.90. The van der Waals surface area contributed by atoms with Gasteiger partial charge in [-0.25, -0.2) is 4.39 Å². The Morgan fingerprint density at radius 2 is 1.64 bits per heavy atom. The molecule has 0 radical (unpaired) electrons. The molecule has 0 aliphatic carbocycles. The summed E-state index contributed by atoms with van der Waals surface area (Å²) in [6.07, 6.45) is 3.90. The van der Waals surface area contributed by atoms with Gasteiger partial charge >= 0.3 is 0 Å². The maximum atomic E-state index is 13.1. The van der Waals surface area contributed by atoms with Crippen LogP contribution in [-0.2, 0) is 4.84 Å². The van der Waals surface area contributed by atoms with Crippen LogP contribution in [-0.4, -0.2) is 26.0 Å². The Morgan fingerprint density at radius 1 is 1.04 bits per heavy atom. The maximum Gasteiger partial charge on any atom is 0.134 e. The third-order valence-corrected chi connectivity index (χ3v) is 3.75. The van der Waals surface area contributed by atoms with E-state index in [1.165, 1.54) is 19.2 Å². The summed E-state index contributed by atoms with van der Waals surface area (Å²) in [5.41, 5.74) is 3.27. The van der Waals surface area contributed by atoms with Crippen molar-refractivity contribution in [2.75, 3.05) is 20.3 Å². The zero-order chi connectivity index (χ0) is 20.9. The first-order chi connectivity index (χ1) is 13.5. The summed E-state index contributed by atoms with van der Waals surface area (Å²) in [5.74, 6) is 1.27. The molecule has 28 heavy (non-hydrogen) atoms. The first kappa shape index (κ1) is 23.2. The third kappa shape index (κ3) is 7.06. The van der Waals surface area contributed by atoms with Crippen LogP contribution in [0.1, 0.15) is 37.5 Å². The molecule has 5 heteroatoms. The van der Waals surface area contributed by atoms with E-state index in [4.69, 9.17) is 14.3 Å². The van der Waals surface area contributed by atoms with Gasteiger partial charge in [0.15, 0.2) is 0 Å². The van der Waals surface area contributed by atoms with E-state index >= 15 is 0 Å². The van der Waals surface area contributed by atoms with Gasteiger partial charge in [0.1, 0.15) is 43.4 Å². The second-order valence-corrected chi connectivity index (χ2v) is 5.78. The van der Waals surface area contributed by atoms with Crippen LogP contribution in [0.4, 0.5) is 4.39 Å². The van der Waals surface area contributed by atoms with Gasteiger partial charge in [0, 0.05) is 5.56 Å². The summed E-state index contributed by atoms with van der Waals surface area (Å²) in [6.45, 7) is 10.6. The second kappa shape index (κ2) is 12.5. The Morgan fingerprint density at radius 3 is 2.18 bits per heavy atom. The normalized spacial score (nSPS) is 11.0. The first-order valence-corrected chi connectivity index (χ1v) is 9.39. The molecular formula is C23H30FNO3. The van der Waals surface area contributed by atoms with Crippen LogP contribution in [0.3, 0.4) is 0 Å². The van der Waals surface area contributed by atoms with Gasteiger partial charge in [-0.1, -0.05) is 31.2 Å². The molecule has 0 bridgehead atoms. The van der Waals surface area contributed by atoms with E-state index in [2.05, 4.69) is 5.16 Å². The van der Waals surface area contributed by atoms with Gasteiger partial charge in [0.25, 0.3) is 0 Å². The van der Waals surface area contributed by atoms with Gasteiger partial charge < -0.3 is 14.3 Å². The highest BCUT2D eigenvalue weighted by molar-refractivity contribution is 6.01. The molecule has 0 heterocycles. The van der Waals surface area contributed by atoms with E-state index in [1.807, 2.05) is 58.9 Å². The first-order valence-electron chi connectivity index (χ1n) is 9.39. The summed E-state index contributed by atoms with van der Waals surface area (Å²) >= 11 is 0. The van der Waals surface area contributed by atoms with Crippen molar-refractivity contribution in [3.63, 3.8) is 0 Å². The van der Waals surface area contributed by atoms with Gasteiger partial charge in [-0.3, -0.25) is 0 Å². The average molecular weight is 387 g/mol. The molecular weight excluding hydrogens is 357 g/mol. The summed E-state index contributed by atoms with van der Waals surface area (Å²) in [7, 11) is 1.47. The van der Waals surface area contributed by atoms with Crippen molar-refractivity contribution in [3.05, 3.63) is 71.1 Å². The lowest BCUT2D eigenvalue weighted by molar-refractivity contribution is 0.210. The molecule has 2 aromatic carbocycles. The molecule has 2 aromatic rings. The van der Waals surface area contributed by atoms with Crippen molar-refractivity contribution >= 4 is 5.71 Å². The van der Waals surface area contributed by atoms with Crippen LogP contribution < -0.4 is 9.47 Å². The number of allylic oxidation sites excluding steroid dienone is 1. The van der Waals surface area contributed by atoms with Crippen LogP contribution in [0, 0.1) is 19.7 Å². The molecule has 0 N–H and O–H groups in total. The number of rotatable bonds is 8. The molecule has 0 atom stereocenters. The van der Waals surface area contributed by atoms with Crippen LogP contribution in [0.5, 0.6) is 11.5 Å². The van der Waals surface area contributed by atoms with E-state index < -0.39 is 0 Å². The molecule has 0 saturated heterocycles. The fourth-order valence-corrected chi connectivity index (χ4v) is 2.52. The highest BCUT2D eigenvalue weighted by Crippen LogP contribution is 2.28. The maximum absolute atomic E-state index is 13.1. The van der Waals surface area contributed by atoms with Crippen molar-refractivity contribution in [2.45, 2.75) is 34.6 Å². The number of hydrogen-bond donors (Lipinski definition) is 0. The van der Waals surface area contributed by atoms with Crippen LogP contribution >= 0.6 is 0 Å². The fourth-order valence-electron chi connectivity index (χ4n) is 2.52. The van der Waals surface area contributed by atoms with Gasteiger partial charge in [-0.15, -0.1) is 0 Å². The molecule has 152 valence electrons. The highest BCUT2D eigenvalue weighted by atomic mass is 19.1. The van der Waals surface area contributed by atoms with Crippen molar-refractivity contribution in [2.24, 2.45) is 5.16 Å². The lowest BCUT2D eigenvalue weighted by atomic mass is 10.1. The number of aryl methyl sites for hydroxylation is 2. The Kier molecular flexibility index (Phi) is 10.4. The largest absolute Gasteiger partial charge is 0.490 e. The van der Waals surface area contributed by atoms with Crippen LogP contribution in [0.25, 0.3) is 0 Å². The van der Waals surface area contributed by atoms with E-state index in [0.717, 1.165) is 28.2 Å². The van der Waals surface area contributed by atoms with E-state index in [0.29, 0.717) is 12.3 Å². The van der Waals surface area contributed by atoms with Gasteiger partial charge in [-0.2, -0.15) is 0 Å². The number of oxime groups is 1. The SMILES string of the molecule is C/C=C/COc1cc(C)c(OC/C(=N\OC)c2ccc(F)cc2)c(C)c1.CC. The lowest BCUT2D eigenvalue weighted by Gasteiger charge is -2.15. The predicted molar refractivity (Wildman–Crippen MR) is 113 cm³/mol. The van der Waals surface area contributed by atoms with Crippen molar-refractivity contribution in [3.8, 4) is 11.5 Å². The summed E-state index contributed by atoms with van der Waals surface area (Å²) in [5, 5.41) is 4.00. The number of ether oxygens (including phenoxy) is 2. The molecule has 0 aromatic heterocycles. The molecule has 0 aliphatic heterocycles. The minimum atomic E-state index is -0.299. The lowest BCUT2D eigenvalue weighted by Crippen LogP contribution is -2.14. The quantitative estimate of drug-likeness (QED) is 0.324. The molecule has 0 aliphatic rings. The molecule has 0 amide bonds. The number of halogens is 1. The minimum Gasteiger partial charge on any atom is -0.490 e. The number of nitrogens with zero attached hydrogens (tertiary/aromatic N) is 1. The highest BCUT2D eigenvalue weighted by Gasteiger charge is 2.11. The predicted octanol–water partition coefficient (Wildman–Crippen LogP) is 5.85. The summed E-state index contributed by atoms with van der Waals surface area (Å²) in [6, 6.07) is 9.94. The topological polar surface area (TPSA) is 40.0 Å². The minimum absolute atomic E-state index is 0.208. The number of hydrogen-bond acceptors (Lipinski definition) is 4. The Balaban J connectivity index is 0.00000190. The Labute approximate surface area is 167 Å². The summed E-state index contributed by atoms with van der Waals surface area (Å²) < 4.78 is 24.8. The van der Waals surface area contributed by atoms with E-state index in [-0.39, 0.29) is 12.4 Å². The molecule has 0 spiro atoms. The van der Waals surface area contributed by atoms with Gasteiger partial charge in [-0.05, 0) is 68.3 Å². The van der Waals surface area contributed by atoms with Crippen molar-refractivity contribution in [1.82, 2.24) is 0 Å². The molecule has 0 fully saturated rings. The van der Waals surface area contributed by atoms with Gasteiger partial charge in [0.2, 0.25) is 0 Å². The van der Waals surface area contributed by atoms with E-state index in [9.17, 15) is 4.39 Å². The monoisotopic (exact) mass is 387 g/mol. The average Bonchev–Trinajstić information content (AvgIpc) is 2.69. The van der Waals surface area contributed by atoms with Crippen LogP contribution in [0.2, 0.25) is 0 Å². The van der Waals surface area contributed by atoms with Gasteiger partial charge in [0.05, 0.1) is 0 Å². The van der Waals surface area contributed by atoms with E-state index in [1.54, 1.807) is 12.1 Å². The smallest absolute Gasteiger partial charge is 0.134 e. The Hall–Kier alpha value is -2.82. The molecule has 0 unspecified atom stereocenters. The second-order valence-electron chi connectivity index (χ2n) is 5.78. The third-order valence-electron chi connectivity index (χ3n) is 3.75. The molecule has 2 rings (SSSR count). The zero-order valence-corrected chi connectivity index (χ0v) is 17.6. The fraction of sp³-hybridized carbons (Fsp3) is 0.348. The standard InChI is InChI=1S/C21H24FNO3.C2H6/c1-5-6-11-25-19-12-15(2)21(16(3)13-19)26-14-20(23-24-4)17-7-9-18(22)10-8-17;1-2/h5-10,12-13H,11,14H2,1-4H3;1-2H3/b6-5+,23-20+;. The number of benzene rings is 2. The van der Waals surface area contributed by atoms with Crippen molar-refractivity contribution in [1.29, 1.82) is 0 Å². The zero-order valence-electron chi connectivity index (χ0n) is 17.6.